The molecule has 0 aromatic heterocycles. The number of nitrogens with two attached hydrogens (primary N) is 1. The third-order valence-corrected chi connectivity index (χ3v) is 2.56. The van der Waals surface area contributed by atoms with Crippen LogP contribution < -0.4 is 20.5 Å². The number of carbonyl (C=O) groups excluding carboxylic acids is 1. The van der Waals surface area contributed by atoms with Gasteiger partial charge >= 0.3 is 0 Å². The molecule has 0 heterocycles. The molecule has 1 amide bonds. The lowest BCUT2D eigenvalue weighted by Crippen LogP contribution is -2.29. The van der Waals surface area contributed by atoms with E-state index in [1.165, 1.54) is 0 Å². The minimum Gasteiger partial charge on any atom is -0.493 e. The normalized spacial score (nSPS) is 11.3. The van der Waals surface area contributed by atoms with Crippen molar-refractivity contribution in [2.45, 2.75) is 19.4 Å². The summed E-state index contributed by atoms with van der Waals surface area (Å²) in [6.07, 6.45) is 5.71. The van der Waals surface area contributed by atoms with Crippen LogP contribution in [0.15, 0.2) is 18.2 Å². The molecule has 20 heavy (non-hydrogen) atoms. The molecule has 1 aromatic rings. The summed E-state index contributed by atoms with van der Waals surface area (Å²) in [5, 5.41) is 2.53. The minimum absolute atomic E-state index is 0.0141. The number of ether oxygens (including phenoxy) is 2. The Labute approximate surface area is 119 Å². The molecule has 108 valence electrons. The molecule has 1 atom stereocenters. The molecule has 1 unspecified atom stereocenters. The number of benzene rings is 1. The third kappa shape index (κ3) is 4.82. The number of hydrogen-bond acceptors (Lipinski definition) is 4. The Morgan fingerprint density at radius 1 is 1.55 bits per heavy atom. The van der Waals surface area contributed by atoms with Crippen molar-refractivity contribution in [3.63, 3.8) is 0 Å². The molecule has 5 heteroatoms. The van der Waals surface area contributed by atoms with Crippen molar-refractivity contribution in [3.05, 3.63) is 23.8 Å². The number of hydrogen-bond donors (Lipinski definition) is 2. The molecular weight excluding hydrogens is 256 g/mol. The predicted octanol–water partition coefficient (Wildman–Crippen LogP) is 0.713. The van der Waals surface area contributed by atoms with Crippen molar-refractivity contribution in [1.82, 2.24) is 5.32 Å². The molecule has 1 rings (SSSR count). The number of methoxy groups -OCH3 is 1. The molecular formula is C15H20N2O3. The van der Waals surface area contributed by atoms with E-state index >= 15 is 0 Å². The molecule has 0 saturated heterocycles. The summed E-state index contributed by atoms with van der Waals surface area (Å²) in [5.41, 5.74) is 6.72. The molecule has 0 aliphatic rings. The van der Waals surface area contributed by atoms with E-state index < -0.39 is 0 Å². The van der Waals surface area contributed by atoms with E-state index in [9.17, 15) is 4.79 Å². The zero-order chi connectivity index (χ0) is 15.0. The van der Waals surface area contributed by atoms with Gasteiger partial charge in [0.2, 0.25) is 0 Å². The van der Waals surface area contributed by atoms with Crippen molar-refractivity contribution >= 4 is 5.91 Å². The molecule has 0 bridgehead atoms. The van der Waals surface area contributed by atoms with Crippen molar-refractivity contribution < 1.29 is 14.3 Å². The molecule has 0 saturated carbocycles. The number of nitrogens with one attached hydrogen (secondary N) is 1. The number of amides is 1. The van der Waals surface area contributed by atoms with Gasteiger partial charge in [0.05, 0.1) is 13.7 Å². The van der Waals surface area contributed by atoms with Crippen molar-refractivity contribution in [2.75, 3.05) is 20.3 Å². The van der Waals surface area contributed by atoms with E-state index in [-0.39, 0.29) is 25.1 Å². The van der Waals surface area contributed by atoms with Gasteiger partial charge in [-0.05, 0) is 25.0 Å². The van der Waals surface area contributed by atoms with Crippen LogP contribution in [0.5, 0.6) is 11.5 Å². The van der Waals surface area contributed by atoms with Crippen LogP contribution in [0.25, 0.3) is 0 Å². The van der Waals surface area contributed by atoms with Crippen LogP contribution >= 0.6 is 0 Å². The van der Waals surface area contributed by atoms with Gasteiger partial charge in [-0.2, -0.15) is 0 Å². The highest BCUT2D eigenvalue weighted by molar-refractivity contribution is 5.77. The number of terminal acetylenes is 1. The van der Waals surface area contributed by atoms with Gasteiger partial charge in [0, 0.05) is 6.04 Å². The second-order valence-corrected chi connectivity index (χ2v) is 4.40. The van der Waals surface area contributed by atoms with E-state index in [1.54, 1.807) is 13.2 Å². The lowest BCUT2D eigenvalue weighted by molar-refractivity contribution is -0.122. The van der Waals surface area contributed by atoms with Crippen LogP contribution in [-0.2, 0) is 11.2 Å². The van der Waals surface area contributed by atoms with Gasteiger partial charge < -0.3 is 20.5 Å². The molecule has 3 N–H and O–H groups in total. The molecule has 0 radical (unpaired) electrons. The van der Waals surface area contributed by atoms with Crippen molar-refractivity contribution in [3.8, 4) is 23.8 Å². The van der Waals surface area contributed by atoms with Gasteiger partial charge in [0.25, 0.3) is 5.91 Å². The van der Waals surface area contributed by atoms with Gasteiger partial charge in [-0.3, -0.25) is 4.79 Å². The second-order valence-electron chi connectivity index (χ2n) is 4.40. The van der Waals surface area contributed by atoms with E-state index in [4.69, 9.17) is 21.6 Å². The summed E-state index contributed by atoms with van der Waals surface area (Å²) in [5.74, 6) is 3.17. The first kappa shape index (κ1) is 15.9. The molecule has 0 spiro atoms. The molecule has 0 aliphatic heterocycles. The van der Waals surface area contributed by atoms with Crippen LogP contribution in [0.1, 0.15) is 12.5 Å². The maximum Gasteiger partial charge on any atom is 0.258 e. The van der Waals surface area contributed by atoms with Crippen LogP contribution in [0.3, 0.4) is 0 Å². The summed E-state index contributed by atoms with van der Waals surface area (Å²) in [4.78, 5) is 11.5. The SMILES string of the molecule is C#CCNC(=O)COc1c(CC(C)N)cccc1OC. The Kier molecular flexibility index (Phi) is 6.41. The Morgan fingerprint density at radius 3 is 2.90 bits per heavy atom. The average Bonchev–Trinajstić information content (AvgIpc) is 2.42. The third-order valence-electron chi connectivity index (χ3n) is 2.56. The van der Waals surface area contributed by atoms with Crippen LogP contribution in [0.2, 0.25) is 0 Å². The topological polar surface area (TPSA) is 73.6 Å². The highest BCUT2D eigenvalue weighted by atomic mass is 16.5. The van der Waals surface area contributed by atoms with Crippen LogP contribution in [0.4, 0.5) is 0 Å². The van der Waals surface area contributed by atoms with Gasteiger partial charge in [-0.15, -0.1) is 6.42 Å². The van der Waals surface area contributed by atoms with E-state index in [2.05, 4.69) is 11.2 Å². The fourth-order valence-corrected chi connectivity index (χ4v) is 1.73. The van der Waals surface area contributed by atoms with Gasteiger partial charge in [-0.1, -0.05) is 18.1 Å². The zero-order valence-corrected chi connectivity index (χ0v) is 11.8. The second kappa shape index (κ2) is 8.08. The maximum atomic E-state index is 11.5. The van der Waals surface area contributed by atoms with Crippen molar-refractivity contribution in [1.29, 1.82) is 0 Å². The molecule has 0 aliphatic carbocycles. The van der Waals surface area contributed by atoms with E-state index in [0.717, 1.165) is 5.56 Å². The first-order chi connectivity index (χ1) is 9.58. The summed E-state index contributed by atoms with van der Waals surface area (Å²) in [6, 6.07) is 5.53. The van der Waals surface area contributed by atoms with Crippen LogP contribution in [-0.4, -0.2) is 32.2 Å². The number of para-hydroxylation sites is 1. The monoisotopic (exact) mass is 276 g/mol. The van der Waals surface area contributed by atoms with Crippen molar-refractivity contribution in [2.24, 2.45) is 5.73 Å². The molecule has 1 aromatic carbocycles. The largest absolute Gasteiger partial charge is 0.493 e. The van der Waals surface area contributed by atoms with Gasteiger partial charge in [0.15, 0.2) is 18.1 Å². The Morgan fingerprint density at radius 2 is 2.30 bits per heavy atom. The fraction of sp³-hybridized carbons (Fsp3) is 0.400. The molecule has 5 nitrogen and oxygen atoms in total. The van der Waals surface area contributed by atoms with Gasteiger partial charge in [0.1, 0.15) is 0 Å². The van der Waals surface area contributed by atoms with Gasteiger partial charge in [-0.25, -0.2) is 0 Å². The predicted molar refractivity (Wildman–Crippen MR) is 77.7 cm³/mol. The van der Waals surface area contributed by atoms with E-state index in [1.807, 2.05) is 19.1 Å². The Hall–Kier alpha value is -2.19. The quantitative estimate of drug-likeness (QED) is 0.719. The first-order valence-corrected chi connectivity index (χ1v) is 6.33. The number of rotatable bonds is 7. The highest BCUT2D eigenvalue weighted by Crippen LogP contribution is 2.31. The first-order valence-electron chi connectivity index (χ1n) is 6.33. The lowest BCUT2D eigenvalue weighted by Gasteiger charge is -2.16. The Balaban J connectivity index is 2.80. The van der Waals surface area contributed by atoms with Crippen LogP contribution in [0, 0.1) is 12.3 Å². The lowest BCUT2D eigenvalue weighted by atomic mass is 10.1. The highest BCUT2D eigenvalue weighted by Gasteiger charge is 2.13. The fourth-order valence-electron chi connectivity index (χ4n) is 1.73. The Bertz CT molecular complexity index is 492. The van der Waals surface area contributed by atoms with E-state index in [0.29, 0.717) is 17.9 Å². The summed E-state index contributed by atoms with van der Waals surface area (Å²) >= 11 is 0. The standard InChI is InChI=1S/C15H20N2O3/c1-4-8-17-14(18)10-20-15-12(9-11(2)16)6-5-7-13(15)19-3/h1,5-7,11H,8-10,16H2,2-3H3,(H,17,18). The zero-order valence-electron chi connectivity index (χ0n) is 11.8. The minimum atomic E-state index is -0.277. The smallest absolute Gasteiger partial charge is 0.258 e. The maximum absolute atomic E-state index is 11.5. The molecule has 0 fully saturated rings. The number of carbonyl (C=O) groups is 1. The summed E-state index contributed by atoms with van der Waals surface area (Å²) in [6.45, 7) is 1.97. The summed E-state index contributed by atoms with van der Waals surface area (Å²) < 4.78 is 10.8. The summed E-state index contributed by atoms with van der Waals surface area (Å²) in [7, 11) is 1.55. The average molecular weight is 276 g/mol.